The molecule has 0 aromatic rings. The summed E-state index contributed by atoms with van der Waals surface area (Å²) < 4.78 is 4.72. The summed E-state index contributed by atoms with van der Waals surface area (Å²) in [6.45, 7) is 5.54. The predicted octanol–water partition coefficient (Wildman–Crippen LogP) is 1.55. The number of Topliss-reactive ketones (excluding diaryl/α,β-unsaturated/α-hetero) is 1. The summed E-state index contributed by atoms with van der Waals surface area (Å²) in [7, 11) is 0. The summed E-state index contributed by atoms with van der Waals surface area (Å²) in [5.41, 5.74) is 0. The third-order valence-corrected chi connectivity index (χ3v) is 1.78. The first-order valence-electron chi connectivity index (χ1n) is 4.24. The number of esters is 1. The van der Waals surface area contributed by atoms with Gasteiger partial charge in [0.25, 0.3) is 0 Å². The van der Waals surface area contributed by atoms with Crippen molar-refractivity contribution in [2.75, 3.05) is 6.61 Å². The summed E-state index contributed by atoms with van der Waals surface area (Å²) >= 11 is 0. The van der Waals surface area contributed by atoms with E-state index in [1.807, 2.05) is 6.92 Å². The Morgan fingerprint density at radius 1 is 1.42 bits per heavy atom. The summed E-state index contributed by atoms with van der Waals surface area (Å²) in [4.78, 5) is 21.6. The van der Waals surface area contributed by atoms with Crippen LogP contribution >= 0.6 is 0 Å². The Hall–Kier alpha value is -0.860. The molecule has 12 heavy (non-hydrogen) atoms. The second kappa shape index (κ2) is 5.75. The number of hydrogen-bond donors (Lipinski definition) is 0. The van der Waals surface area contributed by atoms with Gasteiger partial charge in [-0.25, -0.2) is 0 Å². The molecule has 0 radical (unpaired) electrons. The van der Waals surface area contributed by atoms with Crippen molar-refractivity contribution >= 4 is 11.8 Å². The van der Waals surface area contributed by atoms with Crippen LogP contribution in [0.5, 0.6) is 0 Å². The van der Waals surface area contributed by atoms with Crippen LogP contribution in [0.3, 0.4) is 0 Å². The standard InChI is InChI=1S/C9H16O3/c1-4-12-9(11)6-5-7(2)8(3)10/h7H,4-6H2,1-3H3. The van der Waals surface area contributed by atoms with E-state index >= 15 is 0 Å². The van der Waals surface area contributed by atoms with E-state index in [0.29, 0.717) is 19.4 Å². The van der Waals surface area contributed by atoms with Crippen LogP contribution < -0.4 is 0 Å². The van der Waals surface area contributed by atoms with E-state index in [0.717, 1.165) is 0 Å². The van der Waals surface area contributed by atoms with Crippen LogP contribution in [0.1, 0.15) is 33.6 Å². The van der Waals surface area contributed by atoms with Gasteiger partial charge in [-0.1, -0.05) is 6.92 Å². The van der Waals surface area contributed by atoms with E-state index in [4.69, 9.17) is 4.74 Å². The summed E-state index contributed by atoms with van der Waals surface area (Å²) in [6, 6.07) is 0. The molecule has 0 aromatic carbocycles. The van der Waals surface area contributed by atoms with Gasteiger partial charge in [0.2, 0.25) is 0 Å². The van der Waals surface area contributed by atoms with Crippen molar-refractivity contribution in [3.63, 3.8) is 0 Å². The van der Waals surface area contributed by atoms with Gasteiger partial charge in [0.05, 0.1) is 6.61 Å². The molecule has 0 aliphatic rings. The fourth-order valence-corrected chi connectivity index (χ4v) is 0.771. The van der Waals surface area contributed by atoms with Crippen LogP contribution in [0.25, 0.3) is 0 Å². The van der Waals surface area contributed by atoms with Crippen molar-refractivity contribution in [2.24, 2.45) is 5.92 Å². The molecule has 0 aliphatic heterocycles. The van der Waals surface area contributed by atoms with Crippen LogP contribution in [-0.4, -0.2) is 18.4 Å². The molecule has 0 fully saturated rings. The van der Waals surface area contributed by atoms with Crippen molar-refractivity contribution < 1.29 is 14.3 Å². The lowest BCUT2D eigenvalue weighted by atomic mass is 10.0. The molecule has 3 heteroatoms. The molecule has 0 spiro atoms. The molecular weight excluding hydrogens is 156 g/mol. The third kappa shape index (κ3) is 4.88. The Balaban J connectivity index is 3.54. The van der Waals surface area contributed by atoms with Crippen LogP contribution in [0.4, 0.5) is 0 Å². The lowest BCUT2D eigenvalue weighted by molar-refractivity contribution is -0.143. The molecule has 1 atom stereocenters. The molecule has 0 amide bonds. The van der Waals surface area contributed by atoms with Gasteiger partial charge < -0.3 is 4.74 Å². The van der Waals surface area contributed by atoms with E-state index in [-0.39, 0.29) is 17.7 Å². The highest BCUT2D eigenvalue weighted by atomic mass is 16.5. The van der Waals surface area contributed by atoms with Gasteiger partial charge in [0.1, 0.15) is 5.78 Å². The molecule has 0 N–H and O–H groups in total. The Labute approximate surface area is 73.1 Å². The second-order valence-electron chi connectivity index (χ2n) is 2.86. The molecule has 70 valence electrons. The van der Waals surface area contributed by atoms with Gasteiger partial charge in [-0.05, 0) is 20.3 Å². The van der Waals surface area contributed by atoms with Crippen molar-refractivity contribution in [3.05, 3.63) is 0 Å². The first-order chi connectivity index (χ1) is 5.57. The zero-order valence-corrected chi connectivity index (χ0v) is 7.92. The van der Waals surface area contributed by atoms with Crippen molar-refractivity contribution in [2.45, 2.75) is 33.6 Å². The largest absolute Gasteiger partial charge is 0.466 e. The number of carbonyl (C=O) groups excluding carboxylic acids is 2. The Morgan fingerprint density at radius 3 is 2.42 bits per heavy atom. The second-order valence-corrected chi connectivity index (χ2v) is 2.86. The van der Waals surface area contributed by atoms with Gasteiger partial charge in [-0.3, -0.25) is 9.59 Å². The van der Waals surface area contributed by atoms with Gasteiger partial charge in [-0.2, -0.15) is 0 Å². The fraction of sp³-hybridized carbons (Fsp3) is 0.778. The molecule has 0 rings (SSSR count). The number of carbonyl (C=O) groups is 2. The van der Waals surface area contributed by atoms with Gasteiger partial charge in [0.15, 0.2) is 0 Å². The van der Waals surface area contributed by atoms with Crippen molar-refractivity contribution in [1.82, 2.24) is 0 Å². The molecule has 0 bridgehead atoms. The minimum absolute atomic E-state index is 0.0330. The average Bonchev–Trinajstić information content (AvgIpc) is 2.00. The topological polar surface area (TPSA) is 43.4 Å². The first kappa shape index (κ1) is 11.1. The number of ether oxygens (including phenoxy) is 1. The molecule has 0 saturated carbocycles. The first-order valence-corrected chi connectivity index (χ1v) is 4.24. The smallest absolute Gasteiger partial charge is 0.305 e. The molecule has 0 saturated heterocycles. The van der Waals surface area contributed by atoms with Gasteiger partial charge in [0, 0.05) is 12.3 Å². The lowest BCUT2D eigenvalue weighted by Gasteiger charge is -2.05. The molecule has 0 aromatic heterocycles. The molecule has 0 heterocycles. The van der Waals surface area contributed by atoms with Crippen molar-refractivity contribution in [1.29, 1.82) is 0 Å². The maximum atomic E-state index is 10.8. The van der Waals surface area contributed by atoms with E-state index in [2.05, 4.69) is 0 Å². The van der Waals surface area contributed by atoms with E-state index in [1.54, 1.807) is 6.92 Å². The third-order valence-electron chi connectivity index (χ3n) is 1.78. The maximum Gasteiger partial charge on any atom is 0.305 e. The average molecular weight is 172 g/mol. The number of ketones is 1. The van der Waals surface area contributed by atoms with Gasteiger partial charge >= 0.3 is 5.97 Å². The molecule has 3 nitrogen and oxygen atoms in total. The van der Waals surface area contributed by atoms with E-state index < -0.39 is 0 Å². The summed E-state index contributed by atoms with van der Waals surface area (Å²) in [6.07, 6.45) is 0.933. The molecular formula is C9H16O3. The van der Waals surface area contributed by atoms with Gasteiger partial charge in [-0.15, -0.1) is 0 Å². The zero-order chi connectivity index (χ0) is 9.56. The predicted molar refractivity (Wildman–Crippen MR) is 45.7 cm³/mol. The van der Waals surface area contributed by atoms with Crippen LogP contribution in [-0.2, 0) is 14.3 Å². The van der Waals surface area contributed by atoms with E-state index in [1.165, 1.54) is 6.92 Å². The minimum atomic E-state index is -0.217. The SMILES string of the molecule is CCOC(=O)CCC(C)C(C)=O. The van der Waals surface area contributed by atoms with Crippen LogP contribution in [0, 0.1) is 5.92 Å². The van der Waals surface area contributed by atoms with Crippen molar-refractivity contribution in [3.8, 4) is 0 Å². The maximum absolute atomic E-state index is 10.8. The van der Waals surface area contributed by atoms with Crippen LogP contribution in [0.15, 0.2) is 0 Å². The summed E-state index contributed by atoms with van der Waals surface area (Å²) in [5.74, 6) is -0.126. The highest BCUT2D eigenvalue weighted by Gasteiger charge is 2.10. The number of hydrogen-bond acceptors (Lipinski definition) is 3. The zero-order valence-electron chi connectivity index (χ0n) is 7.92. The minimum Gasteiger partial charge on any atom is -0.466 e. The Bertz CT molecular complexity index is 163. The number of rotatable bonds is 5. The lowest BCUT2D eigenvalue weighted by Crippen LogP contribution is -2.10. The van der Waals surface area contributed by atoms with E-state index in [9.17, 15) is 9.59 Å². The Morgan fingerprint density at radius 2 is 2.00 bits per heavy atom. The monoisotopic (exact) mass is 172 g/mol. The Kier molecular flexibility index (Phi) is 5.34. The molecule has 0 aliphatic carbocycles. The highest BCUT2D eigenvalue weighted by molar-refractivity contribution is 5.78. The van der Waals surface area contributed by atoms with Crippen LogP contribution in [0.2, 0.25) is 0 Å². The highest BCUT2D eigenvalue weighted by Crippen LogP contribution is 2.06. The summed E-state index contributed by atoms with van der Waals surface area (Å²) in [5, 5.41) is 0. The quantitative estimate of drug-likeness (QED) is 0.591. The molecule has 1 unspecified atom stereocenters. The fourth-order valence-electron chi connectivity index (χ4n) is 0.771. The normalized spacial score (nSPS) is 12.2.